The molecule has 6 nitrogen and oxygen atoms in total. The van der Waals surface area contributed by atoms with E-state index in [1.54, 1.807) is 37.3 Å². The Balaban J connectivity index is 1.79. The zero-order valence-electron chi connectivity index (χ0n) is 14.4. The van der Waals surface area contributed by atoms with Crippen molar-refractivity contribution in [3.8, 4) is 6.07 Å². The Hall–Kier alpha value is -3.72. The lowest BCUT2D eigenvalue weighted by Gasteiger charge is -2.10. The number of rotatable bonds is 4. The van der Waals surface area contributed by atoms with Gasteiger partial charge in [-0.05, 0) is 55.8 Å². The van der Waals surface area contributed by atoms with Crippen molar-refractivity contribution >= 4 is 23.1 Å². The van der Waals surface area contributed by atoms with E-state index in [0.717, 1.165) is 11.3 Å². The molecule has 128 valence electrons. The smallest absolute Gasteiger partial charge is 0.274 e. The van der Waals surface area contributed by atoms with Gasteiger partial charge in [-0.15, -0.1) is 0 Å². The number of benzene rings is 2. The second-order valence-corrected chi connectivity index (χ2v) is 5.82. The van der Waals surface area contributed by atoms with Crippen molar-refractivity contribution in [2.45, 2.75) is 13.8 Å². The number of carbonyl (C=O) groups excluding carboxylic acids is 1. The zero-order chi connectivity index (χ0) is 18.5. The van der Waals surface area contributed by atoms with Crippen LogP contribution < -0.4 is 10.6 Å². The van der Waals surface area contributed by atoms with E-state index in [4.69, 9.17) is 5.26 Å². The fraction of sp³-hybridized carbons (Fsp3) is 0.100. The van der Waals surface area contributed by atoms with Crippen molar-refractivity contribution in [3.05, 3.63) is 77.2 Å². The van der Waals surface area contributed by atoms with Gasteiger partial charge in [0.2, 0.25) is 0 Å². The van der Waals surface area contributed by atoms with Gasteiger partial charge in [-0.3, -0.25) is 4.79 Å². The van der Waals surface area contributed by atoms with Gasteiger partial charge in [-0.1, -0.05) is 12.1 Å². The Kier molecular flexibility index (Phi) is 4.90. The third-order valence-electron chi connectivity index (χ3n) is 3.63. The molecule has 6 heteroatoms. The van der Waals surface area contributed by atoms with Gasteiger partial charge >= 0.3 is 0 Å². The van der Waals surface area contributed by atoms with Crippen LogP contribution in [0.1, 0.15) is 27.4 Å². The highest BCUT2D eigenvalue weighted by Crippen LogP contribution is 2.17. The molecule has 26 heavy (non-hydrogen) atoms. The van der Waals surface area contributed by atoms with Gasteiger partial charge in [-0.2, -0.15) is 5.26 Å². The van der Waals surface area contributed by atoms with Gasteiger partial charge < -0.3 is 10.6 Å². The van der Waals surface area contributed by atoms with E-state index >= 15 is 0 Å². The van der Waals surface area contributed by atoms with E-state index in [9.17, 15) is 4.79 Å². The van der Waals surface area contributed by atoms with Gasteiger partial charge in [0.25, 0.3) is 5.91 Å². The predicted molar refractivity (Wildman–Crippen MR) is 100 cm³/mol. The summed E-state index contributed by atoms with van der Waals surface area (Å²) in [5.74, 6) is 0.702. The molecule has 0 aliphatic rings. The first-order chi connectivity index (χ1) is 12.5. The largest absolute Gasteiger partial charge is 0.340 e. The number of nitriles is 1. The summed E-state index contributed by atoms with van der Waals surface area (Å²) in [6.45, 7) is 3.74. The molecular formula is C20H17N5O. The first kappa shape index (κ1) is 17.1. The Morgan fingerprint density at radius 2 is 1.77 bits per heavy atom. The van der Waals surface area contributed by atoms with Crippen LogP contribution in [0.5, 0.6) is 0 Å². The summed E-state index contributed by atoms with van der Waals surface area (Å²) in [5, 5.41) is 14.8. The molecule has 2 aromatic carbocycles. The van der Waals surface area contributed by atoms with Crippen molar-refractivity contribution in [3.63, 3.8) is 0 Å². The third kappa shape index (κ3) is 4.22. The van der Waals surface area contributed by atoms with E-state index in [-0.39, 0.29) is 11.6 Å². The monoisotopic (exact) mass is 343 g/mol. The molecule has 0 unspecified atom stereocenters. The standard InChI is InChI=1S/C20H17N5O/c1-13-4-3-5-17(10-13)24-19-11-18(22-14(2)23-19)20(26)25-16-8-6-15(12-21)7-9-16/h3-11H,1-2H3,(H,25,26)(H,22,23,24). The number of aromatic nitrogens is 2. The van der Waals surface area contributed by atoms with Crippen LogP contribution in [0, 0.1) is 25.2 Å². The van der Waals surface area contributed by atoms with Crippen LogP contribution in [0.3, 0.4) is 0 Å². The number of anilines is 3. The summed E-state index contributed by atoms with van der Waals surface area (Å²) in [4.78, 5) is 21.0. The molecule has 3 aromatic rings. The molecule has 0 atom stereocenters. The molecule has 0 saturated heterocycles. The van der Waals surface area contributed by atoms with E-state index in [1.165, 1.54) is 0 Å². The lowest BCUT2D eigenvalue weighted by Crippen LogP contribution is -2.15. The quantitative estimate of drug-likeness (QED) is 0.748. The maximum absolute atomic E-state index is 12.5. The van der Waals surface area contributed by atoms with Crippen LogP contribution in [0.15, 0.2) is 54.6 Å². The fourth-order valence-electron chi connectivity index (χ4n) is 2.44. The second kappa shape index (κ2) is 7.45. The number of nitrogens with zero attached hydrogens (tertiary/aromatic N) is 3. The Morgan fingerprint density at radius 3 is 2.46 bits per heavy atom. The summed E-state index contributed by atoms with van der Waals surface area (Å²) >= 11 is 0. The number of hydrogen-bond donors (Lipinski definition) is 2. The molecule has 0 radical (unpaired) electrons. The summed E-state index contributed by atoms with van der Waals surface area (Å²) in [7, 11) is 0. The maximum atomic E-state index is 12.5. The molecular weight excluding hydrogens is 326 g/mol. The zero-order valence-corrected chi connectivity index (χ0v) is 14.4. The molecule has 0 aliphatic carbocycles. The first-order valence-electron chi connectivity index (χ1n) is 8.04. The van der Waals surface area contributed by atoms with E-state index < -0.39 is 0 Å². The lowest BCUT2D eigenvalue weighted by atomic mass is 10.2. The van der Waals surface area contributed by atoms with Crippen LogP contribution >= 0.6 is 0 Å². The second-order valence-electron chi connectivity index (χ2n) is 5.82. The summed E-state index contributed by atoms with van der Waals surface area (Å²) < 4.78 is 0. The minimum Gasteiger partial charge on any atom is -0.340 e. The average Bonchev–Trinajstić information content (AvgIpc) is 2.62. The Morgan fingerprint density at radius 1 is 1.00 bits per heavy atom. The number of aryl methyl sites for hydroxylation is 2. The van der Waals surface area contributed by atoms with Crippen molar-refractivity contribution < 1.29 is 4.79 Å². The van der Waals surface area contributed by atoms with Gasteiger partial charge in [0.15, 0.2) is 0 Å². The molecule has 2 N–H and O–H groups in total. The molecule has 0 fully saturated rings. The molecule has 0 spiro atoms. The van der Waals surface area contributed by atoms with Crippen molar-refractivity contribution in [2.75, 3.05) is 10.6 Å². The number of hydrogen-bond acceptors (Lipinski definition) is 5. The topological polar surface area (TPSA) is 90.7 Å². The SMILES string of the molecule is Cc1cccc(Nc2cc(C(=O)Nc3ccc(C#N)cc3)nc(C)n2)c1. The van der Waals surface area contributed by atoms with Gasteiger partial charge in [-0.25, -0.2) is 9.97 Å². The number of carbonyl (C=O) groups is 1. The molecule has 0 saturated carbocycles. The highest BCUT2D eigenvalue weighted by atomic mass is 16.1. The first-order valence-corrected chi connectivity index (χ1v) is 8.04. The van der Waals surface area contributed by atoms with Crippen LogP contribution in [-0.2, 0) is 0 Å². The van der Waals surface area contributed by atoms with Crippen LogP contribution in [0.25, 0.3) is 0 Å². The van der Waals surface area contributed by atoms with Crippen LogP contribution in [0.4, 0.5) is 17.2 Å². The Bertz CT molecular complexity index is 990. The summed E-state index contributed by atoms with van der Waals surface area (Å²) in [5.41, 5.74) is 3.40. The number of nitrogens with one attached hydrogen (secondary N) is 2. The van der Waals surface area contributed by atoms with Crippen LogP contribution in [0.2, 0.25) is 0 Å². The molecule has 1 heterocycles. The molecule has 0 aliphatic heterocycles. The van der Waals surface area contributed by atoms with Gasteiger partial charge in [0.1, 0.15) is 17.3 Å². The highest BCUT2D eigenvalue weighted by molar-refractivity contribution is 6.03. The summed E-state index contributed by atoms with van der Waals surface area (Å²) in [6, 6.07) is 18.2. The van der Waals surface area contributed by atoms with Gasteiger partial charge in [0.05, 0.1) is 11.6 Å². The van der Waals surface area contributed by atoms with E-state index in [0.29, 0.717) is 22.9 Å². The molecule has 1 aromatic heterocycles. The minimum atomic E-state index is -0.340. The molecule has 0 bridgehead atoms. The third-order valence-corrected chi connectivity index (χ3v) is 3.63. The van der Waals surface area contributed by atoms with Crippen molar-refractivity contribution in [1.82, 2.24) is 9.97 Å². The van der Waals surface area contributed by atoms with E-state index in [2.05, 4.69) is 20.6 Å². The minimum absolute atomic E-state index is 0.261. The highest BCUT2D eigenvalue weighted by Gasteiger charge is 2.11. The normalized spacial score (nSPS) is 10.0. The Labute approximate surface area is 151 Å². The lowest BCUT2D eigenvalue weighted by molar-refractivity contribution is 0.102. The maximum Gasteiger partial charge on any atom is 0.274 e. The fourth-order valence-corrected chi connectivity index (χ4v) is 2.44. The summed E-state index contributed by atoms with van der Waals surface area (Å²) in [6.07, 6.45) is 0. The molecule has 3 rings (SSSR count). The van der Waals surface area contributed by atoms with Crippen molar-refractivity contribution in [2.24, 2.45) is 0 Å². The van der Waals surface area contributed by atoms with Crippen LogP contribution in [-0.4, -0.2) is 15.9 Å². The van der Waals surface area contributed by atoms with E-state index in [1.807, 2.05) is 37.3 Å². The molecule has 1 amide bonds. The van der Waals surface area contributed by atoms with Gasteiger partial charge in [0, 0.05) is 17.4 Å². The van der Waals surface area contributed by atoms with Crippen molar-refractivity contribution in [1.29, 1.82) is 5.26 Å². The predicted octanol–water partition coefficient (Wildman–Crippen LogP) is 3.96. The average molecular weight is 343 g/mol. The number of amides is 1.